The minimum Gasteiger partial charge on any atom is -0.384 e. The first-order valence-electron chi connectivity index (χ1n) is 9.54. The number of carbonyl (C=O) groups is 2. The molecule has 0 heterocycles. The van der Waals surface area contributed by atoms with Gasteiger partial charge in [0.25, 0.3) is 0 Å². The van der Waals surface area contributed by atoms with Crippen molar-refractivity contribution in [3.63, 3.8) is 0 Å². The van der Waals surface area contributed by atoms with Crippen molar-refractivity contribution in [1.82, 2.24) is 10.6 Å². The highest BCUT2D eigenvalue weighted by molar-refractivity contribution is 6.35. The highest BCUT2D eigenvalue weighted by Crippen LogP contribution is 2.24. The first-order valence-corrected chi connectivity index (χ1v) is 9.92. The second kappa shape index (κ2) is 9.57. The van der Waals surface area contributed by atoms with Gasteiger partial charge in [0.15, 0.2) is 0 Å². The lowest BCUT2D eigenvalue weighted by Gasteiger charge is -2.24. The Morgan fingerprint density at radius 1 is 0.833 bits per heavy atom. The number of nitrogens with one attached hydrogen (secondary N) is 2. The van der Waals surface area contributed by atoms with Gasteiger partial charge in [-0.05, 0) is 35.2 Å². The third-order valence-corrected chi connectivity index (χ3v) is 5.18. The summed E-state index contributed by atoms with van der Waals surface area (Å²) in [6.07, 6.45) is 0. The summed E-state index contributed by atoms with van der Waals surface area (Å²) in [7, 11) is 0. The van der Waals surface area contributed by atoms with Crippen molar-refractivity contribution in [1.29, 1.82) is 0 Å². The molecule has 3 aromatic rings. The van der Waals surface area contributed by atoms with Gasteiger partial charge in [-0.3, -0.25) is 9.59 Å². The van der Waals surface area contributed by atoms with Crippen molar-refractivity contribution in [2.75, 3.05) is 6.54 Å². The molecule has 6 heteroatoms. The molecule has 0 aliphatic heterocycles. The average Bonchev–Trinajstić information content (AvgIpc) is 2.77. The molecule has 3 N–H and O–H groups in total. The molecule has 0 bridgehead atoms. The number of rotatable bonds is 6. The van der Waals surface area contributed by atoms with Crippen LogP contribution < -0.4 is 10.6 Å². The van der Waals surface area contributed by atoms with Gasteiger partial charge in [-0.2, -0.15) is 0 Å². The van der Waals surface area contributed by atoms with Crippen molar-refractivity contribution in [3.8, 4) is 11.1 Å². The zero-order chi connectivity index (χ0) is 21.6. The Kier molecular flexibility index (Phi) is 6.87. The summed E-state index contributed by atoms with van der Waals surface area (Å²) in [4.78, 5) is 24.1. The SMILES string of the molecule is CC(O)(CNC(=O)C(=O)NCc1ccccc1Cl)c1ccc(-c2ccccc2)cc1. The van der Waals surface area contributed by atoms with E-state index in [0.29, 0.717) is 16.1 Å². The van der Waals surface area contributed by atoms with Crippen LogP contribution in [0.15, 0.2) is 78.9 Å². The van der Waals surface area contributed by atoms with E-state index in [0.717, 1.165) is 11.1 Å². The lowest BCUT2D eigenvalue weighted by Crippen LogP contribution is -2.45. The number of benzene rings is 3. The van der Waals surface area contributed by atoms with Gasteiger partial charge >= 0.3 is 11.8 Å². The Balaban J connectivity index is 1.55. The standard InChI is InChI=1S/C24H23ClN2O3/c1-24(30,20-13-11-18(12-14-20)17-7-3-2-4-8-17)16-27-23(29)22(28)26-15-19-9-5-6-10-21(19)25/h2-14,30H,15-16H2,1H3,(H,26,28)(H,27,29). The van der Waals surface area contributed by atoms with E-state index in [9.17, 15) is 14.7 Å². The van der Waals surface area contributed by atoms with Crippen molar-refractivity contribution in [3.05, 3.63) is 95.0 Å². The third-order valence-electron chi connectivity index (χ3n) is 4.81. The predicted molar refractivity (Wildman–Crippen MR) is 118 cm³/mol. The van der Waals surface area contributed by atoms with Crippen LogP contribution in [-0.2, 0) is 21.7 Å². The molecule has 0 spiro atoms. The highest BCUT2D eigenvalue weighted by Gasteiger charge is 2.25. The minimum atomic E-state index is -1.33. The van der Waals surface area contributed by atoms with E-state index in [1.807, 2.05) is 54.6 Å². The Labute approximate surface area is 180 Å². The zero-order valence-corrected chi connectivity index (χ0v) is 17.3. The predicted octanol–water partition coefficient (Wildman–Crippen LogP) is 3.65. The molecular weight excluding hydrogens is 400 g/mol. The maximum Gasteiger partial charge on any atom is 0.309 e. The van der Waals surface area contributed by atoms with E-state index in [4.69, 9.17) is 11.6 Å². The lowest BCUT2D eigenvalue weighted by molar-refractivity contribution is -0.139. The monoisotopic (exact) mass is 422 g/mol. The fourth-order valence-electron chi connectivity index (χ4n) is 2.98. The van der Waals surface area contributed by atoms with E-state index in [1.54, 1.807) is 31.2 Å². The highest BCUT2D eigenvalue weighted by atomic mass is 35.5. The van der Waals surface area contributed by atoms with Gasteiger partial charge in [-0.15, -0.1) is 0 Å². The van der Waals surface area contributed by atoms with Gasteiger partial charge in [0.05, 0.1) is 6.54 Å². The van der Waals surface area contributed by atoms with E-state index in [2.05, 4.69) is 10.6 Å². The van der Waals surface area contributed by atoms with Gasteiger partial charge < -0.3 is 15.7 Å². The van der Waals surface area contributed by atoms with Gasteiger partial charge in [0.2, 0.25) is 0 Å². The molecule has 3 rings (SSSR count). The van der Waals surface area contributed by atoms with Gasteiger partial charge in [-0.1, -0.05) is 84.4 Å². The van der Waals surface area contributed by atoms with E-state index < -0.39 is 17.4 Å². The Bertz CT molecular complexity index is 1020. The molecule has 0 aliphatic rings. The van der Waals surface area contributed by atoms with E-state index in [1.165, 1.54) is 0 Å². The van der Waals surface area contributed by atoms with E-state index >= 15 is 0 Å². The number of halogens is 1. The number of carbonyl (C=O) groups excluding carboxylic acids is 2. The summed E-state index contributed by atoms with van der Waals surface area (Å²) in [5, 5.41) is 16.3. The van der Waals surface area contributed by atoms with Crippen LogP contribution in [0.25, 0.3) is 11.1 Å². The maximum absolute atomic E-state index is 12.1. The molecule has 30 heavy (non-hydrogen) atoms. The fourth-order valence-corrected chi connectivity index (χ4v) is 3.19. The maximum atomic E-state index is 12.1. The molecule has 0 fully saturated rings. The number of hydrogen-bond donors (Lipinski definition) is 3. The van der Waals surface area contributed by atoms with Crippen molar-refractivity contribution < 1.29 is 14.7 Å². The largest absolute Gasteiger partial charge is 0.384 e. The second-order valence-corrected chi connectivity index (χ2v) is 7.58. The molecule has 0 aliphatic carbocycles. The summed E-state index contributed by atoms with van der Waals surface area (Å²) in [5.74, 6) is -1.60. The molecule has 154 valence electrons. The smallest absolute Gasteiger partial charge is 0.309 e. The molecule has 3 aromatic carbocycles. The summed E-state index contributed by atoms with van der Waals surface area (Å²) in [6.45, 7) is 1.63. The molecule has 1 unspecified atom stereocenters. The molecule has 0 saturated carbocycles. The van der Waals surface area contributed by atoms with Gasteiger partial charge in [0.1, 0.15) is 5.60 Å². The lowest BCUT2D eigenvalue weighted by atomic mass is 9.93. The van der Waals surface area contributed by atoms with Crippen LogP contribution in [0.3, 0.4) is 0 Å². The molecule has 5 nitrogen and oxygen atoms in total. The first-order chi connectivity index (χ1) is 14.4. The topological polar surface area (TPSA) is 78.4 Å². The van der Waals surface area contributed by atoms with Crippen molar-refractivity contribution in [2.24, 2.45) is 0 Å². The van der Waals surface area contributed by atoms with Crippen LogP contribution in [0.4, 0.5) is 0 Å². The Morgan fingerprint density at radius 3 is 2.07 bits per heavy atom. The minimum absolute atomic E-state index is 0.101. The molecule has 0 aromatic heterocycles. The van der Waals surface area contributed by atoms with Crippen LogP contribution >= 0.6 is 11.6 Å². The Hall–Kier alpha value is -3.15. The quantitative estimate of drug-likeness (QED) is 0.530. The second-order valence-electron chi connectivity index (χ2n) is 7.17. The summed E-state index contributed by atoms with van der Waals surface area (Å²) in [6, 6.07) is 24.4. The zero-order valence-electron chi connectivity index (χ0n) is 16.6. The molecule has 0 radical (unpaired) electrons. The van der Waals surface area contributed by atoms with Crippen molar-refractivity contribution >= 4 is 23.4 Å². The summed E-state index contributed by atoms with van der Waals surface area (Å²) >= 11 is 6.04. The summed E-state index contributed by atoms with van der Waals surface area (Å²) in [5.41, 5.74) is 2.13. The average molecular weight is 423 g/mol. The number of amides is 2. The number of aliphatic hydroxyl groups is 1. The fraction of sp³-hybridized carbons (Fsp3) is 0.167. The third kappa shape index (κ3) is 5.47. The van der Waals surface area contributed by atoms with Crippen LogP contribution in [0.1, 0.15) is 18.1 Å². The molecule has 1 atom stereocenters. The molecule has 0 saturated heterocycles. The molecule has 2 amide bonds. The van der Waals surface area contributed by atoms with Crippen LogP contribution in [0.2, 0.25) is 5.02 Å². The van der Waals surface area contributed by atoms with Crippen molar-refractivity contribution in [2.45, 2.75) is 19.1 Å². The van der Waals surface area contributed by atoms with Gasteiger partial charge in [0, 0.05) is 11.6 Å². The normalized spacial score (nSPS) is 12.6. The van der Waals surface area contributed by atoms with Crippen LogP contribution in [0.5, 0.6) is 0 Å². The Morgan fingerprint density at radius 2 is 1.40 bits per heavy atom. The van der Waals surface area contributed by atoms with Crippen LogP contribution in [0, 0.1) is 0 Å². The van der Waals surface area contributed by atoms with E-state index in [-0.39, 0.29) is 13.1 Å². The first kappa shape index (κ1) is 21.6. The number of hydrogen-bond acceptors (Lipinski definition) is 3. The summed E-state index contributed by atoms with van der Waals surface area (Å²) < 4.78 is 0. The van der Waals surface area contributed by atoms with Crippen LogP contribution in [-0.4, -0.2) is 23.5 Å². The molecular formula is C24H23ClN2O3. The van der Waals surface area contributed by atoms with Gasteiger partial charge in [-0.25, -0.2) is 0 Å².